The molecule has 4 aromatic rings. The van der Waals surface area contributed by atoms with E-state index in [9.17, 15) is 23.5 Å². The van der Waals surface area contributed by atoms with Crippen LogP contribution in [-0.4, -0.2) is 21.8 Å². The summed E-state index contributed by atoms with van der Waals surface area (Å²) in [5.41, 5.74) is 1.89. The summed E-state index contributed by atoms with van der Waals surface area (Å²) in [6.07, 6.45) is 0. The summed E-state index contributed by atoms with van der Waals surface area (Å²) in [6.45, 7) is 1.88. The number of carbonyl (C=O) groups is 2. The number of aromatic nitrogens is 1. The first kappa shape index (κ1) is 21.0. The van der Waals surface area contributed by atoms with Gasteiger partial charge in [0.05, 0.1) is 21.8 Å². The van der Waals surface area contributed by atoms with Crippen LogP contribution >= 0.6 is 11.3 Å². The number of rotatable bonds is 3. The van der Waals surface area contributed by atoms with Crippen molar-refractivity contribution in [2.45, 2.75) is 13.0 Å². The van der Waals surface area contributed by atoms with Gasteiger partial charge in [0.2, 0.25) is 0 Å². The van der Waals surface area contributed by atoms with E-state index in [-0.39, 0.29) is 16.5 Å². The Labute approximate surface area is 191 Å². The molecule has 1 aromatic heterocycles. The van der Waals surface area contributed by atoms with Crippen molar-refractivity contribution < 1.29 is 23.5 Å². The number of amides is 1. The molecule has 0 aliphatic carbocycles. The normalized spacial score (nSPS) is 17.8. The highest BCUT2D eigenvalue weighted by atomic mass is 32.1. The third kappa shape index (κ3) is 3.58. The summed E-state index contributed by atoms with van der Waals surface area (Å²) in [5.74, 6) is -3.19. The summed E-state index contributed by atoms with van der Waals surface area (Å²) in [7, 11) is 0. The third-order valence-electron chi connectivity index (χ3n) is 5.48. The molecule has 0 spiro atoms. The van der Waals surface area contributed by atoms with Crippen LogP contribution in [0.15, 0.2) is 72.3 Å². The summed E-state index contributed by atoms with van der Waals surface area (Å²) >= 11 is 1.03. The topological polar surface area (TPSA) is 70.5 Å². The standard InChI is InChI=1S/C25H16F2N2O3S/c1-13-5-7-14(8-6-13)22(30)20-21(15-3-2-4-16(26)11-15)29(24(32)23(20)31)25-28-18-10-9-17(27)12-19(18)33-25/h2-12,21,30H,1H3/t21-/m0/s1. The first-order chi connectivity index (χ1) is 15.8. The number of nitrogens with zero attached hydrogens (tertiary/aromatic N) is 2. The molecule has 1 amide bonds. The largest absolute Gasteiger partial charge is 0.507 e. The number of hydrogen-bond donors (Lipinski definition) is 1. The number of aliphatic hydroxyl groups is 1. The average Bonchev–Trinajstić information content (AvgIpc) is 3.32. The van der Waals surface area contributed by atoms with Crippen LogP contribution in [0.1, 0.15) is 22.7 Å². The number of Topliss-reactive ketones (excluding diaryl/α,β-unsaturated/α-hetero) is 1. The molecule has 5 nitrogen and oxygen atoms in total. The average molecular weight is 462 g/mol. The van der Waals surface area contributed by atoms with Gasteiger partial charge in [0.1, 0.15) is 17.4 Å². The molecule has 8 heteroatoms. The van der Waals surface area contributed by atoms with Crippen LogP contribution in [0.5, 0.6) is 0 Å². The predicted molar refractivity (Wildman–Crippen MR) is 122 cm³/mol. The van der Waals surface area contributed by atoms with Gasteiger partial charge >= 0.3 is 5.91 Å². The Balaban J connectivity index is 1.74. The molecule has 5 rings (SSSR count). The monoisotopic (exact) mass is 462 g/mol. The SMILES string of the molecule is Cc1ccc(C(O)=C2C(=O)C(=O)N(c3nc4ccc(F)cc4s3)[C@H]2c2cccc(F)c2)cc1. The highest BCUT2D eigenvalue weighted by Gasteiger charge is 2.48. The van der Waals surface area contributed by atoms with E-state index in [0.717, 1.165) is 21.8 Å². The van der Waals surface area contributed by atoms with Crippen molar-refractivity contribution in [3.63, 3.8) is 0 Å². The number of anilines is 1. The van der Waals surface area contributed by atoms with Crippen molar-refractivity contribution in [2.24, 2.45) is 0 Å². The van der Waals surface area contributed by atoms with Crippen LogP contribution in [0.4, 0.5) is 13.9 Å². The van der Waals surface area contributed by atoms with E-state index in [0.29, 0.717) is 21.3 Å². The lowest BCUT2D eigenvalue weighted by Crippen LogP contribution is -2.29. The minimum atomic E-state index is -1.10. The Kier molecular flexibility index (Phi) is 5.02. The molecule has 1 N–H and O–H groups in total. The van der Waals surface area contributed by atoms with Gasteiger partial charge in [-0.25, -0.2) is 13.8 Å². The van der Waals surface area contributed by atoms with E-state index < -0.39 is 29.4 Å². The van der Waals surface area contributed by atoms with Crippen LogP contribution in [0, 0.1) is 18.6 Å². The number of ketones is 1. The number of hydrogen-bond acceptors (Lipinski definition) is 5. The number of halogens is 2. The Morgan fingerprint density at radius 2 is 1.73 bits per heavy atom. The Hall–Kier alpha value is -3.91. The number of thiazole rings is 1. The molecule has 1 atom stereocenters. The Morgan fingerprint density at radius 3 is 2.45 bits per heavy atom. The maximum Gasteiger partial charge on any atom is 0.301 e. The molecule has 33 heavy (non-hydrogen) atoms. The fourth-order valence-corrected chi connectivity index (χ4v) is 4.90. The second kappa shape index (κ2) is 7.90. The highest BCUT2D eigenvalue weighted by Crippen LogP contribution is 2.44. The van der Waals surface area contributed by atoms with Crippen molar-refractivity contribution >= 4 is 44.1 Å². The number of carbonyl (C=O) groups excluding carboxylic acids is 2. The number of fused-ring (bicyclic) bond motifs is 1. The lowest BCUT2D eigenvalue weighted by molar-refractivity contribution is -0.132. The van der Waals surface area contributed by atoms with Crippen molar-refractivity contribution in [2.75, 3.05) is 4.90 Å². The first-order valence-corrected chi connectivity index (χ1v) is 10.8. The lowest BCUT2D eigenvalue weighted by atomic mass is 9.95. The van der Waals surface area contributed by atoms with Gasteiger partial charge in [-0.1, -0.05) is 53.3 Å². The summed E-state index contributed by atoms with van der Waals surface area (Å²) in [4.78, 5) is 31.8. The Bertz CT molecular complexity index is 1460. The van der Waals surface area contributed by atoms with Crippen molar-refractivity contribution in [1.29, 1.82) is 0 Å². The molecule has 0 bridgehead atoms. The second-order valence-electron chi connectivity index (χ2n) is 7.70. The van der Waals surface area contributed by atoms with E-state index >= 15 is 0 Å². The van der Waals surface area contributed by atoms with Crippen LogP contribution in [0.3, 0.4) is 0 Å². The third-order valence-corrected chi connectivity index (χ3v) is 6.50. The van der Waals surface area contributed by atoms with Crippen LogP contribution in [0.25, 0.3) is 16.0 Å². The maximum atomic E-state index is 14.1. The van der Waals surface area contributed by atoms with Gasteiger partial charge in [-0.05, 0) is 42.8 Å². The molecular weight excluding hydrogens is 446 g/mol. The van der Waals surface area contributed by atoms with E-state index in [4.69, 9.17) is 0 Å². The van der Waals surface area contributed by atoms with E-state index in [1.165, 1.54) is 36.4 Å². The molecule has 1 aliphatic heterocycles. The quantitative estimate of drug-likeness (QED) is 0.248. The molecular formula is C25H16F2N2O3S. The van der Waals surface area contributed by atoms with E-state index in [1.54, 1.807) is 30.3 Å². The molecule has 1 saturated heterocycles. The predicted octanol–water partition coefficient (Wildman–Crippen LogP) is 5.51. The zero-order valence-corrected chi connectivity index (χ0v) is 18.1. The molecule has 1 aliphatic rings. The van der Waals surface area contributed by atoms with Gasteiger partial charge in [-0.3, -0.25) is 14.5 Å². The van der Waals surface area contributed by atoms with E-state index in [2.05, 4.69) is 4.98 Å². The summed E-state index contributed by atoms with van der Waals surface area (Å²) in [5, 5.41) is 11.2. The molecule has 0 radical (unpaired) electrons. The van der Waals surface area contributed by atoms with Crippen molar-refractivity contribution in [1.82, 2.24) is 4.98 Å². The number of aryl methyl sites for hydroxylation is 1. The second-order valence-corrected chi connectivity index (χ2v) is 8.71. The highest BCUT2D eigenvalue weighted by molar-refractivity contribution is 7.22. The summed E-state index contributed by atoms with van der Waals surface area (Å²) < 4.78 is 28.3. The van der Waals surface area contributed by atoms with Crippen molar-refractivity contribution in [3.05, 3.63) is 101 Å². The smallest absolute Gasteiger partial charge is 0.301 e. The number of benzene rings is 3. The van der Waals surface area contributed by atoms with Gasteiger partial charge in [0, 0.05) is 5.56 Å². The molecule has 2 heterocycles. The minimum absolute atomic E-state index is 0.148. The fourth-order valence-electron chi connectivity index (χ4n) is 3.88. The lowest BCUT2D eigenvalue weighted by Gasteiger charge is -2.23. The van der Waals surface area contributed by atoms with Gasteiger partial charge in [-0.15, -0.1) is 0 Å². The minimum Gasteiger partial charge on any atom is -0.507 e. The molecule has 164 valence electrons. The van der Waals surface area contributed by atoms with Gasteiger partial charge in [0.15, 0.2) is 5.13 Å². The van der Waals surface area contributed by atoms with Gasteiger partial charge in [-0.2, -0.15) is 0 Å². The maximum absolute atomic E-state index is 14.1. The molecule has 1 fully saturated rings. The zero-order valence-electron chi connectivity index (χ0n) is 17.3. The number of aliphatic hydroxyl groups excluding tert-OH is 1. The molecule has 3 aromatic carbocycles. The Morgan fingerprint density at radius 1 is 1.00 bits per heavy atom. The molecule has 0 unspecified atom stereocenters. The van der Waals surface area contributed by atoms with Crippen LogP contribution in [-0.2, 0) is 9.59 Å². The fraction of sp³-hybridized carbons (Fsp3) is 0.0800. The summed E-state index contributed by atoms with van der Waals surface area (Å²) in [6, 6.07) is 15.2. The zero-order chi connectivity index (χ0) is 23.3. The van der Waals surface area contributed by atoms with E-state index in [1.807, 2.05) is 6.92 Å². The first-order valence-electron chi connectivity index (χ1n) is 10.0. The molecule has 0 saturated carbocycles. The van der Waals surface area contributed by atoms with Crippen LogP contribution < -0.4 is 4.90 Å². The van der Waals surface area contributed by atoms with Gasteiger partial charge in [0.25, 0.3) is 5.78 Å². The van der Waals surface area contributed by atoms with Gasteiger partial charge < -0.3 is 5.11 Å². The van der Waals surface area contributed by atoms with Crippen LogP contribution in [0.2, 0.25) is 0 Å². The van der Waals surface area contributed by atoms with Crippen molar-refractivity contribution in [3.8, 4) is 0 Å².